The minimum Gasteiger partial charge on any atom is -0.462 e. The first kappa shape index (κ1) is 25.7. The molecule has 4 aromatic rings. The number of hydrogen-bond acceptors (Lipinski definition) is 11. The molecule has 0 radical (unpaired) electrons. The number of hydrogen-bond donors (Lipinski definition) is 5. The number of nitrogens with zero attached hydrogens (tertiary/aromatic N) is 2. The van der Waals surface area contributed by atoms with Crippen molar-refractivity contribution in [2.24, 2.45) is 0 Å². The number of aryl methyl sites for hydroxylation is 1. The highest BCUT2D eigenvalue weighted by Crippen LogP contribution is 2.39. The molecule has 0 aliphatic carbocycles. The van der Waals surface area contributed by atoms with Gasteiger partial charge in [-0.1, -0.05) is 0 Å². The lowest BCUT2D eigenvalue weighted by molar-refractivity contribution is -0.277. The zero-order valence-corrected chi connectivity index (χ0v) is 21.3. The molecule has 12 heteroatoms. The van der Waals surface area contributed by atoms with E-state index in [4.69, 9.17) is 18.9 Å². The van der Waals surface area contributed by atoms with E-state index < -0.39 is 37.3 Å². The summed E-state index contributed by atoms with van der Waals surface area (Å²) in [5.74, 6) is 1.44. The Hall–Kier alpha value is -3.52. The Morgan fingerprint density at radius 3 is 2.54 bits per heavy atom. The number of fused-ring (bicyclic) bond motifs is 6. The number of aliphatic hydroxyl groups is 4. The SMILES string of the molecule is CNCCn1c(=O)c2cc(O[C@@H]3O[C@H](CO)[C@H](O)[C@H](O)[C@H]3O)c(C)cc2c2cnc3cc4c(cc3c21)OCO4. The van der Waals surface area contributed by atoms with Gasteiger partial charge in [-0.25, -0.2) is 0 Å². The number of aliphatic hydroxyl groups excluding tert-OH is 4. The molecule has 1 saturated heterocycles. The van der Waals surface area contributed by atoms with E-state index in [1.807, 2.05) is 13.1 Å². The van der Waals surface area contributed by atoms with Crippen LogP contribution in [0.15, 0.2) is 35.3 Å². The summed E-state index contributed by atoms with van der Waals surface area (Å²) < 4.78 is 24.2. The van der Waals surface area contributed by atoms with Gasteiger partial charge in [-0.05, 0) is 43.1 Å². The van der Waals surface area contributed by atoms with Crippen LogP contribution in [0.25, 0.3) is 32.6 Å². The molecule has 5 atom stereocenters. The molecule has 0 amide bonds. The maximum atomic E-state index is 14.0. The van der Waals surface area contributed by atoms with Gasteiger partial charge in [0.15, 0.2) is 11.5 Å². The maximum absolute atomic E-state index is 14.0. The molecule has 39 heavy (non-hydrogen) atoms. The third-order valence-electron chi connectivity index (χ3n) is 7.36. The normalized spacial score (nSPS) is 24.6. The fourth-order valence-electron chi connectivity index (χ4n) is 5.24. The average Bonchev–Trinajstić information content (AvgIpc) is 3.40. The van der Waals surface area contributed by atoms with E-state index in [1.54, 1.807) is 35.9 Å². The molecule has 1 fully saturated rings. The van der Waals surface area contributed by atoms with Gasteiger partial charge < -0.3 is 49.3 Å². The van der Waals surface area contributed by atoms with Crippen molar-refractivity contribution in [3.8, 4) is 17.2 Å². The highest BCUT2D eigenvalue weighted by atomic mass is 16.7. The number of rotatable bonds is 6. The van der Waals surface area contributed by atoms with E-state index in [0.29, 0.717) is 52.0 Å². The summed E-state index contributed by atoms with van der Waals surface area (Å²) in [5, 5.41) is 45.8. The molecule has 0 unspecified atom stereocenters. The third kappa shape index (κ3) is 4.16. The second-order valence-electron chi connectivity index (χ2n) is 9.78. The van der Waals surface area contributed by atoms with Gasteiger partial charge in [0, 0.05) is 36.1 Å². The van der Waals surface area contributed by atoms with E-state index in [2.05, 4.69) is 10.3 Å². The van der Waals surface area contributed by atoms with Gasteiger partial charge in [0.05, 0.1) is 23.0 Å². The van der Waals surface area contributed by atoms with Crippen LogP contribution in [0.5, 0.6) is 17.2 Å². The molecule has 0 spiro atoms. The second-order valence-corrected chi connectivity index (χ2v) is 9.78. The zero-order chi connectivity index (χ0) is 27.4. The number of pyridine rings is 2. The van der Waals surface area contributed by atoms with Gasteiger partial charge in [-0.2, -0.15) is 0 Å². The van der Waals surface area contributed by atoms with Crippen LogP contribution in [-0.2, 0) is 11.3 Å². The van der Waals surface area contributed by atoms with Crippen molar-refractivity contribution in [2.75, 3.05) is 27.0 Å². The molecular formula is C27H29N3O9. The summed E-state index contributed by atoms with van der Waals surface area (Å²) in [5.41, 5.74) is 1.77. The van der Waals surface area contributed by atoms with Crippen LogP contribution in [0.3, 0.4) is 0 Å². The number of likely N-dealkylation sites (N-methyl/N-ethyl adjacent to an activating group) is 1. The predicted octanol–water partition coefficient (Wildman–Crippen LogP) is 0.138. The Labute approximate surface area is 221 Å². The first-order chi connectivity index (χ1) is 18.8. The molecule has 0 saturated carbocycles. The van der Waals surface area contributed by atoms with Gasteiger partial charge in [0.2, 0.25) is 13.1 Å². The molecule has 2 aromatic heterocycles. The number of benzene rings is 2. The van der Waals surface area contributed by atoms with Crippen molar-refractivity contribution in [2.45, 2.75) is 44.2 Å². The number of ether oxygens (including phenoxy) is 4. The molecule has 0 bridgehead atoms. The minimum atomic E-state index is -1.58. The van der Waals surface area contributed by atoms with Gasteiger partial charge in [0.1, 0.15) is 30.2 Å². The van der Waals surface area contributed by atoms with E-state index in [0.717, 1.165) is 10.8 Å². The Balaban J connectivity index is 1.53. The van der Waals surface area contributed by atoms with Crippen LogP contribution >= 0.6 is 0 Å². The van der Waals surface area contributed by atoms with Crippen molar-refractivity contribution in [1.29, 1.82) is 0 Å². The summed E-state index contributed by atoms with van der Waals surface area (Å²) in [4.78, 5) is 18.6. The first-order valence-corrected chi connectivity index (χ1v) is 12.6. The maximum Gasteiger partial charge on any atom is 0.259 e. The van der Waals surface area contributed by atoms with Crippen LogP contribution in [0, 0.1) is 6.92 Å². The quantitative estimate of drug-likeness (QED) is 0.212. The lowest BCUT2D eigenvalue weighted by Crippen LogP contribution is -2.60. The molecule has 4 heterocycles. The lowest BCUT2D eigenvalue weighted by Gasteiger charge is -2.39. The fraction of sp³-hybridized carbons (Fsp3) is 0.407. The van der Waals surface area contributed by atoms with Crippen molar-refractivity contribution in [1.82, 2.24) is 14.9 Å². The van der Waals surface area contributed by atoms with Crippen molar-refractivity contribution in [3.63, 3.8) is 0 Å². The van der Waals surface area contributed by atoms with Crippen LogP contribution in [0.2, 0.25) is 0 Å². The average molecular weight is 540 g/mol. The van der Waals surface area contributed by atoms with Gasteiger partial charge in [0.25, 0.3) is 5.56 Å². The summed E-state index contributed by atoms with van der Waals surface area (Å²) in [6, 6.07) is 7.03. The largest absolute Gasteiger partial charge is 0.462 e. The lowest BCUT2D eigenvalue weighted by atomic mass is 9.99. The summed E-state index contributed by atoms with van der Waals surface area (Å²) in [6.45, 7) is 2.24. The molecule has 206 valence electrons. The highest BCUT2D eigenvalue weighted by Gasteiger charge is 2.44. The second kappa shape index (κ2) is 9.90. The Bertz CT molecular complexity index is 1640. The Morgan fingerprint density at radius 2 is 1.79 bits per heavy atom. The summed E-state index contributed by atoms with van der Waals surface area (Å²) >= 11 is 0. The summed E-state index contributed by atoms with van der Waals surface area (Å²) in [7, 11) is 1.81. The van der Waals surface area contributed by atoms with Crippen LogP contribution < -0.4 is 25.1 Å². The van der Waals surface area contributed by atoms with Crippen molar-refractivity contribution in [3.05, 3.63) is 46.4 Å². The summed E-state index contributed by atoms with van der Waals surface area (Å²) in [6.07, 6.45) is -5.43. The van der Waals surface area contributed by atoms with Crippen LogP contribution in [0.1, 0.15) is 5.56 Å². The zero-order valence-electron chi connectivity index (χ0n) is 21.3. The van der Waals surface area contributed by atoms with Crippen LogP contribution in [0.4, 0.5) is 0 Å². The van der Waals surface area contributed by atoms with E-state index in [1.165, 1.54) is 0 Å². The van der Waals surface area contributed by atoms with Crippen LogP contribution in [-0.4, -0.2) is 87.7 Å². The van der Waals surface area contributed by atoms with Gasteiger partial charge in [-0.15, -0.1) is 0 Å². The van der Waals surface area contributed by atoms with Gasteiger partial charge >= 0.3 is 0 Å². The molecule has 12 nitrogen and oxygen atoms in total. The highest BCUT2D eigenvalue weighted by molar-refractivity contribution is 6.14. The van der Waals surface area contributed by atoms with Crippen molar-refractivity contribution < 1.29 is 39.4 Å². The molecule has 2 aromatic carbocycles. The molecular weight excluding hydrogens is 510 g/mol. The van der Waals surface area contributed by atoms with E-state index in [9.17, 15) is 25.2 Å². The molecule has 2 aliphatic rings. The Morgan fingerprint density at radius 1 is 1.03 bits per heavy atom. The van der Waals surface area contributed by atoms with E-state index >= 15 is 0 Å². The minimum absolute atomic E-state index is 0.121. The smallest absolute Gasteiger partial charge is 0.259 e. The Kier molecular flexibility index (Phi) is 6.53. The molecule has 2 aliphatic heterocycles. The molecule has 5 N–H and O–H groups in total. The van der Waals surface area contributed by atoms with Crippen molar-refractivity contribution >= 4 is 32.6 Å². The standard InChI is InChI=1S/C27H29N3O9/c1-12-5-13-14(6-18(12)38-27-25(34)24(33)23(32)21(10-31)39-27)26(35)30(4-3-28-2)22-15-7-19-20(37-11-36-19)8-17(15)29-9-16(13)22/h5-9,21,23-25,27-28,31-34H,3-4,10-11H2,1-2H3/t21-,23+,24+,25-,27-/m1/s1. The fourth-order valence-corrected chi connectivity index (χ4v) is 5.24. The number of aromatic nitrogens is 2. The third-order valence-corrected chi connectivity index (χ3v) is 7.36. The topological polar surface area (TPSA) is 165 Å². The first-order valence-electron chi connectivity index (χ1n) is 12.6. The monoisotopic (exact) mass is 539 g/mol. The van der Waals surface area contributed by atoms with Gasteiger partial charge in [-0.3, -0.25) is 9.78 Å². The number of nitrogens with one attached hydrogen (secondary N) is 1. The molecule has 6 rings (SSSR count). The van der Waals surface area contributed by atoms with E-state index in [-0.39, 0.29) is 18.1 Å². The predicted molar refractivity (Wildman–Crippen MR) is 140 cm³/mol.